The third kappa shape index (κ3) is 3.02. The van der Waals surface area contributed by atoms with Crippen LogP contribution in [-0.2, 0) is 16.0 Å². The third-order valence-electron chi connectivity index (χ3n) is 3.54. The summed E-state index contributed by atoms with van der Waals surface area (Å²) < 4.78 is 4.77. The summed E-state index contributed by atoms with van der Waals surface area (Å²) in [4.78, 5) is 11.5. The fraction of sp³-hybridized carbons (Fsp3) is 0.235. The lowest BCUT2D eigenvalue weighted by Crippen LogP contribution is -2.08. The molecule has 20 heavy (non-hydrogen) atoms. The Labute approximate surface area is 124 Å². The molecule has 2 nitrogen and oxygen atoms in total. The lowest BCUT2D eigenvalue weighted by atomic mass is 9.92. The molecule has 3 heteroatoms. The van der Waals surface area contributed by atoms with Gasteiger partial charge >= 0.3 is 5.97 Å². The van der Waals surface area contributed by atoms with Crippen LogP contribution in [0.25, 0.3) is 11.1 Å². The lowest BCUT2D eigenvalue weighted by molar-refractivity contribution is -0.139. The lowest BCUT2D eigenvalue weighted by Gasteiger charge is -2.14. The number of rotatable bonds is 3. The fourth-order valence-electron chi connectivity index (χ4n) is 2.32. The van der Waals surface area contributed by atoms with Crippen LogP contribution in [0.1, 0.15) is 16.7 Å². The molecule has 0 saturated heterocycles. The van der Waals surface area contributed by atoms with E-state index in [1.54, 1.807) is 0 Å². The van der Waals surface area contributed by atoms with Gasteiger partial charge in [0.05, 0.1) is 13.5 Å². The molecule has 104 valence electrons. The molecule has 0 radical (unpaired) electrons. The van der Waals surface area contributed by atoms with Crippen molar-refractivity contribution >= 4 is 17.6 Å². The van der Waals surface area contributed by atoms with E-state index in [9.17, 15) is 4.79 Å². The largest absolute Gasteiger partial charge is 0.469 e. The summed E-state index contributed by atoms with van der Waals surface area (Å²) in [6.07, 6.45) is 0.301. The molecule has 0 saturated carbocycles. The van der Waals surface area contributed by atoms with Crippen LogP contribution in [0.2, 0.25) is 5.02 Å². The summed E-state index contributed by atoms with van der Waals surface area (Å²) in [5.41, 5.74) is 5.46. The first-order valence-corrected chi connectivity index (χ1v) is 6.82. The minimum absolute atomic E-state index is 0.218. The predicted octanol–water partition coefficient (Wildman–Crippen LogP) is 4.34. The number of ether oxygens (including phenoxy) is 1. The van der Waals surface area contributed by atoms with Gasteiger partial charge in [-0.25, -0.2) is 0 Å². The van der Waals surface area contributed by atoms with Gasteiger partial charge in [0, 0.05) is 5.02 Å². The Balaban J connectivity index is 2.48. The van der Waals surface area contributed by atoms with Crippen LogP contribution in [0.3, 0.4) is 0 Å². The summed E-state index contributed by atoms with van der Waals surface area (Å²) in [5.74, 6) is -0.218. The molecule has 0 spiro atoms. The highest BCUT2D eigenvalue weighted by Crippen LogP contribution is 2.29. The first-order chi connectivity index (χ1) is 9.52. The maximum absolute atomic E-state index is 11.5. The zero-order valence-corrected chi connectivity index (χ0v) is 12.6. The molecule has 0 N–H and O–H groups in total. The number of aryl methyl sites for hydroxylation is 1. The maximum Gasteiger partial charge on any atom is 0.309 e. The van der Waals surface area contributed by atoms with Gasteiger partial charge in [-0.2, -0.15) is 0 Å². The Bertz CT molecular complexity index is 630. The van der Waals surface area contributed by atoms with Crippen LogP contribution in [0.15, 0.2) is 36.4 Å². The number of carbonyl (C=O) groups excluding carboxylic acids is 1. The van der Waals surface area contributed by atoms with Crippen molar-refractivity contribution in [1.82, 2.24) is 0 Å². The van der Waals surface area contributed by atoms with Crippen molar-refractivity contribution in [1.29, 1.82) is 0 Å². The SMILES string of the molecule is COC(=O)Cc1c(C)ccc(-c2ccc(Cl)cc2)c1C. The molecule has 0 aliphatic carbocycles. The van der Waals surface area contributed by atoms with E-state index in [4.69, 9.17) is 16.3 Å². The molecule has 2 aromatic rings. The van der Waals surface area contributed by atoms with Gasteiger partial charge in [-0.05, 0) is 53.8 Å². The molecule has 2 rings (SSSR count). The van der Waals surface area contributed by atoms with E-state index in [-0.39, 0.29) is 5.97 Å². The van der Waals surface area contributed by atoms with Crippen molar-refractivity contribution in [3.8, 4) is 11.1 Å². The first kappa shape index (κ1) is 14.6. The van der Waals surface area contributed by atoms with E-state index in [1.807, 2.05) is 44.2 Å². The average Bonchev–Trinajstić information content (AvgIpc) is 2.44. The number of carbonyl (C=O) groups is 1. The molecular formula is C17H17ClO2. The number of hydrogen-bond donors (Lipinski definition) is 0. The van der Waals surface area contributed by atoms with Crippen molar-refractivity contribution in [3.63, 3.8) is 0 Å². The molecule has 0 amide bonds. The summed E-state index contributed by atoms with van der Waals surface area (Å²) in [6.45, 7) is 4.05. The second kappa shape index (κ2) is 6.10. The molecule has 0 aromatic heterocycles. The molecule has 0 unspecified atom stereocenters. The number of hydrogen-bond acceptors (Lipinski definition) is 2. The average molecular weight is 289 g/mol. The van der Waals surface area contributed by atoms with Crippen LogP contribution in [0.5, 0.6) is 0 Å². The number of esters is 1. The Morgan fingerprint density at radius 3 is 2.35 bits per heavy atom. The van der Waals surface area contributed by atoms with E-state index >= 15 is 0 Å². The first-order valence-electron chi connectivity index (χ1n) is 6.44. The number of benzene rings is 2. The molecule has 0 atom stereocenters. The fourth-order valence-corrected chi connectivity index (χ4v) is 2.45. The van der Waals surface area contributed by atoms with Gasteiger partial charge in [0.1, 0.15) is 0 Å². The van der Waals surface area contributed by atoms with Crippen LogP contribution < -0.4 is 0 Å². The molecule has 0 aliphatic heterocycles. The minimum atomic E-state index is -0.218. The second-order valence-electron chi connectivity index (χ2n) is 4.79. The van der Waals surface area contributed by atoms with Crippen molar-refractivity contribution in [2.75, 3.05) is 7.11 Å². The second-order valence-corrected chi connectivity index (χ2v) is 5.23. The summed E-state index contributed by atoms with van der Waals surface area (Å²) in [5, 5.41) is 0.716. The van der Waals surface area contributed by atoms with Crippen LogP contribution in [0.4, 0.5) is 0 Å². The van der Waals surface area contributed by atoms with Gasteiger partial charge in [-0.1, -0.05) is 35.9 Å². The Hall–Kier alpha value is -1.80. The molecule has 0 heterocycles. The Morgan fingerprint density at radius 1 is 1.10 bits per heavy atom. The van der Waals surface area contributed by atoms with Crippen LogP contribution >= 0.6 is 11.6 Å². The standard InChI is InChI=1S/C17H17ClO2/c1-11-4-9-15(13-5-7-14(18)8-6-13)12(2)16(11)10-17(19)20-3/h4-9H,10H2,1-3H3. The van der Waals surface area contributed by atoms with E-state index in [0.29, 0.717) is 11.4 Å². The topological polar surface area (TPSA) is 26.3 Å². The van der Waals surface area contributed by atoms with Gasteiger partial charge in [-0.3, -0.25) is 4.79 Å². The third-order valence-corrected chi connectivity index (χ3v) is 3.79. The van der Waals surface area contributed by atoms with Crippen LogP contribution in [0, 0.1) is 13.8 Å². The Morgan fingerprint density at radius 2 is 1.75 bits per heavy atom. The molecule has 0 bridgehead atoms. The van der Waals surface area contributed by atoms with Crippen molar-refractivity contribution < 1.29 is 9.53 Å². The van der Waals surface area contributed by atoms with Gasteiger partial charge < -0.3 is 4.74 Å². The smallest absolute Gasteiger partial charge is 0.309 e. The minimum Gasteiger partial charge on any atom is -0.469 e. The summed E-state index contributed by atoms with van der Waals surface area (Å²) >= 11 is 5.92. The number of methoxy groups -OCH3 is 1. The number of halogens is 1. The molecule has 0 fully saturated rings. The van der Waals surface area contributed by atoms with Crippen molar-refractivity contribution in [2.24, 2.45) is 0 Å². The highest BCUT2D eigenvalue weighted by Gasteiger charge is 2.12. The zero-order chi connectivity index (χ0) is 14.7. The molecule has 0 aliphatic rings. The van der Waals surface area contributed by atoms with Crippen molar-refractivity contribution in [3.05, 3.63) is 58.1 Å². The normalized spacial score (nSPS) is 10.4. The summed E-state index contributed by atoms with van der Waals surface area (Å²) in [6, 6.07) is 11.8. The molecule has 2 aromatic carbocycles. The molecular weight excluding hydrogens is 272 g/mol. The van der Waals surface area contributed by atoms with Gasteiger partial charge in [0.25, 0.3) is 0 Å². The van der Waals surface area contributed by atoms with Gasteiger partial charge in [0.15, 0.2) is 0 Å². The van der Waals surface area contributed by atoms with E-state index < -0.39 is 0 Å². The van der Waals surface area contributed by atoms with Gasteiger partial charge in [0.2, 0.25) is 0 Å². The quantitative estimate of drug-likeness (QED) is 0.785. The predicted molar refractivity (Wildman–Crippen MR) is 82.1 cm³/mol. The van der Waals surface area contributed by atoms with E-state index in [0.717, 1.165) is 27.8 Å². The zero-order valence-electron chi connectivity index (χ0n) is 11.9. The maximum atomic E-state index is 11.5. The summed E-state index contributed by atoms with van der Waals surface area (Å²) in [7, 11) is 1.41. The van der Waals surface area contributed by atoms with E-state index in [1.165, 1.54) is 7.11 Å². The van der Waals surface area contributed by atoms with Crippen molar-refractivity contribution in [2.45, 2.75) is 20.3 Å². The highest BCUT2D eigenvalue weighted by molar-refractivity contribution is 6.30. The highest BCUT2D eigenvalue weighted by atomic mass is 35.5. The monoisotopic (exact) mass is 288 g/mol. The van der Waals surface area contributed by atoms with Crippen LogP contribution in [-0.4, -0.2) is 13.1 Å². The Kier molecular flexibility index (Phi) is 4.46. The van der Waals surface area contributed by atoms with Gasteiger partial charge in [-0.15, -0.1) is 0 Å². The van der Waals surface area contributed by atoms with E-state index in [2.05, 4.69) is 6.07 Å².